The van der Waals surface area contributed by atoms with Crippen LogP contribution in [-0.4, -0.2) is 32.2 Å². The molecule has 0 atom stereocenters. The van der Waals surface area contributed by atoms with Crippen molar-refractivity contribution in [2.75, 3.05) is 23.6 Å². The molecule has 1 aromatic carbocycles. The van der Waals surface area contributed by atoms with Gasteiger partial charge in [-0.05, 0) is 50.6 Å². The lowest BCUT2D eigenvalue weighted by molar-refractivity contribution is 0.221. The third kappa shape index (κ3) is 4.51. The molecule has 2 rings (SSSR count). The third-order valence-corrected chi connectivity index (χ3v) is 4.74. The van der Waals surface area contributed by atoms with Crippen LogP contribution >= 0.6 is 0 Å². The highest BCUT2D eigenvalue weighted by Crippen LogP contribution is 2.17. The van der Waals surface area contributed by atoms with Gasteiger partial charge in [0.15, 0.2) is 0 Å². The monoisotopic (exact) mass is 282 g/mol. The number of nitrogens with zero attached hydrogens (tertiary/aromatic N) is 1. The average molecular weight is 282 g/mol. The molecule has 5 heteroatoms. The number of likely N-dealkylation sites (tertiary alicyclic amines) is 1. The van der Waals surface area contributed by atoms with E-state index < -0.39 is 10.0 Å². The molecular formula is C14H22N2O2S. The van der Waals surface area contributed by atoms with Crippen LogP contribution in [-0.2, 0) is 16.6 Å². The van der Waals surface area contributed by atoms with E-state index in [-0.39, 0.29) is 5.75 Å². The minimum absolute atomic E-state index is 0.101. The van der Waals surface area contributed by atoms with Crippen LogP contribution in [0, 0.1) is 0 Å². The van der Waals surface area contributed by atoms with Crippen molar-refractivity contribution in [3.63, 3.8) is 0 Å². The Bertz CT molecular complexity index is 508. The Labute approximate surface area is 115 Å². The molecule has 19 heavy (non-hydrogen) atoms. The van der Waals surface area contributed by atoms with Gasteiger partial charge < -0.3 is 0 Å². The lowest BCUT2D eigenvalue weighted by Crippen LogP contribution is -2.29. The molecule has 1 saturated heterocycles. The zero-order chi connectivity index (χ0) is 13.7. The molecular weight excluding hydrogens is 260 g/mol. The van der Waals surface area contributed by atoms with Crippen molar-refractivity contribution in [1.82, 2.24) is 4.90 Å². The van der Waals surface area contributed by atoms with E-state index >= 15 is 0 Å². The zero-order valence-electron chi connectivity index (χ0n) is 11.4. The predicted molar refractivity (Wildman–Crippen MR) is 78.7 cm³/mol. The summed E-state index contributed by atoms with van der Waals surface area (Å²) in [7, 11) is -3.19. The third-order valence-electron chi connectivity index (χ3n) is 3.44. The molecule has 106 valence electrons. The van der Waals surface area contributed by atoms with Crippen LogP contribution in [0.4, 0.5) is 5.69 Å². The molecule has 4 nitrogen and oxygen atoms in total. The Morgan fingerprint density at radius 1 is 1.21 bits per heavy atom. The first kappa shape index (κ1) is 14.3. The maximum absolute atomic E-state index is 11.5. The topological polar surface area (TPSA) is 49.4 Å². The first-order chi connectivity index (χ1) is 9.09. The van der Waals surface area contributed by atoms with Crippen LogP contribution in [0.25, 0.3) is 0 Å². The Morgan fingerprint density at radius 3 is 2.63 bits per heavy atom. The summed E-state index contributed by atoms with van der Waals surface area (Å²) >= 11 is 0. The van der Waals surface area contributed by atoms with Crippen molar-refractivity contribution in [2.24, 2.45) is 0 Å². The largest absolute Gasteiger partial charge is 0.299 e. The highest BCUT2D eigenvalue weighted by molar-refractivity contribution is 7.92. The highest BCUT2D eigenvalue weighted by Gasteiger charge is 2.11. The molecule has 1 N–H and O–H groups in total. The summed E-state index contributed by atoms with van der Waals surface area (Å²) in [5.41, 5.74) is 1.83. The van der Waals surface area contributed by atoms with Gasteiger partial charge in [-0.25, -0.2) is 8.42 Å². The lowest BCUT2D eigenvalue weighted by Gasteiger charge is -2.26. The van der Waals surface area contributed by atoms with Gasteiger partial charge in [0.25, 0.3) is 0 Å². The van der Waals surface area contributed by atoms with E-state index in [0.29, 0.717) is 5.69 Å². The number of benzene rings is 1. The second-order valence-electron chi connectivity index (χ2n) is 5.04. The van der Waals surface area contributed by atoms with E-state index in [1.165, 1.54) is 24.8 Å². The fraction of sp³-hybridized carbons (Fsp3) is 0.571. The quantitative estimate of drug-likeness (QED) is 0.902. The van der Waals surface area contributed by atoms with Gasteiger partial charge in [-0.3, -0.25) is 9.62 Å². The Balaban J connectivity index is 2.02. The van der Waals surface area contributed by atoms with Gasteiger partial charge in [-0.2, -0.15) is 0 Å². The maximum Gasteiger partial charge on any atom is 0.232 e. The second kappa shape index (κ2) is 6.39. The molecule has 0 radical (unpaired) electrons. The van der Waals surface area contributed by atoms with E-state index in [4.69, 9.17) is 0 Å². The van der Waals surface area contributed by atoms with Gasteiger partial charge in [0.1, 0.15) is 0 Å². The number of nitrogens with one attached hydrogen (secondary N) is 1. The standard InChI is InChI=1S/C14H22N2O2S/c1-2-19(17,18)15-14-8-6-7-13(11-14)12-16-9-4-3-5-10-16/h6-8,11,15H,2-5,9-10,12H2,1H3. The highest BCUT2D eigenvalue weighted by atomic mass is 32.2. The summed E-state index contributed by atoms with van der Waals surface area (Å²) in [5.74, 6) is 0.101. The Kier molecular flexibility index (Phi) is 4.82. The number of hydrogen-bond donors (Lipinski definition) is 1. The molecule has 1 aliphatic rings. The van der Waals surface area contributed by atoms with Crippen LogP contribution in [0.1, 0.15) is 31.7 Å². The van der Waals surface area contributed by atoms with Crippen LogP contribution in [0.2, 0.25) is 0 Å². The van der Waals surface area contributed by atoms with E-state index in [1.807, 2.05) is 12.1 Å². The number of piperidine rings is 1. The molecule has 1 fully saturated rings. The Morgan fingerprint density at radius 2 is 1.95 bits per heavy atom. The molecule has 0 unspecified atom stereocenters. The summed E-state index contributed by atoms with van der Waals surface area (Å²) < 4.78 is 25.7. The van der Waals surface area contributed by atoms with Crippen molar-refractivity contribution in [3.8, 4) is 0 Å². The zero-order valence-corrected chi connectivity index (χ0v) is 12.2. The van der Waals surface area contributed by atoms with E-state index in [1.54, 1.807) is 13.0 Å². The lowest BCUT2D eigenvalue weighted by atomic mass is 10.1. The molecule has 0 saturated carbocycles. The molecule has 0 amide bonds. The molecule has 0 aliphatic carbocycles. The van der Waals surface area contributed by atoms with E-state index in [0.717, 1.165) is 19.6 Å². The molecule has 1 aromatic rings. The maximum atomic E-state index is 11.5. The Hall–Kier alpha value is -1.07. The van der Waals surface area contributed by atoms with Crippen LogP contribution in [0.5, 0.6) is 0 Å². The molecule has 1 heterocycles. The average Bonchev–Trinajstić information content (AvgIpc) is 2.40. The summed E-state index contributed by atoms with van der Waals surface area (Å²) in [6, 6.07) is 7.69. The summed E-state index contributed by atoms with van der Waals surface area (Å²) in [4.78, 5) is 2.43. The molecule has 0 bridgehead atoms. The van der Waals surface area contributed by atoms with Crippen molar-refractivity contribution >= 4 is 15.7 Å². The van der Waals surface area contributed by atoms with E-state index in [2.05, 4.69) is 15.7 Å². The van der Waals surface area contributed by atoms with Crippen molar-refractivity contribution in [3.05, 3.63) is 29.8 Å². The fourth-order valence-electron chi connectivity index (χ4n) is 2.36. The SMILES string of the molecule is CCS(=O)(=O)Nc1cccc(CN2CCCCC2)c1. The summed E-state index contributed by atoms with van der Waals surface area (Å²) in [5, 5.41) is 0. The van der Waals surface area contributed by atoms with Crippen molar-refractivity contribution in [2.45, 2.75) is 32.7 Å². The van der Waals surface area contributed by atoms with Crippen LogP contribution in [0.15, 0.2) is 24.3 Å². The fourth-order valence-corrected chi connectivity index (χ4v) is 2.99. The van der Waals surface area contributed by atoms with Gasteiger partial charge in [-0.1, -0.05) is 18.6 Å². The van der Waals surface area contributed by atoms with Gasteiger partial charge >= 0.3 is 0 Å². The first-order valence-corrected chi connectivity index (χ1v) is 8.56. The molecule has 0 spiro atoms. The van der Waals surface area contributed by atoms with E-state index in [9.17, 15) is 8.42 Å². The first-order valence-electron chi connectivity index (χ1n) is 6.91. The van der Waals surface area contributed by atoms with Gasteiger partial charge in [0, 0.05) is 12.2 Å². The number of sulfonamides is 1. The minimum atomic E-state index is -3.19. The molecule has 0 aromatic heterocycles. The van der Waals surface area contributed by atoms with Gasteiger partial charge in [0.05, 0.1) is 5.75 Å². The van der Waals surface area contributed by atoms with Crippen LogP contribution < -0.4 is 4.72 Å². The second-order valence-corrected chi connectivity index (χ2v) is 7.05. The smallest absolute Gasteiger partial charge is 0.232 e. The normalized spacial score (nSPS) is 17.3. The summed E-state index contributed by atoms with van der Waals surface area (Å²) in [6.07, 6.45) is 3.86. The number of rotatable bonds is 5. The van der Waals surface area contributed by atoms with Crippen molar-refractivity contribution in [1.29, 1.82) is 0 Å². The number of hydrogen-bond acceptors (Lipinski definition) is 3. The van der Waals surface area contributed by atoms with Crippen LogP contribution in [0.3, 0.4) is 0 Å². The van der Waals surface area contributed by atoms with Gasteiger partial charge in [-0.15, -0.1) is 0 Å². The number of anilines is 1. The van der Waals surface area contributed by atoms with Crippen molar-refractivity contribution < 1.29 is 8.42 Å². The predicted octanol–water partition coefficient (Wildman–Crippen LogP) is 2.43. The minimum Gasteiger partial charge on any atom is -0.299 e. The van der Waals surface area contributed by atoms with Gasteiger partial charge in [0.2, 0.25) is 10.0 Å². The molecule has 1 aliphatic heterocycles. The summed E-state index contributed by atoms with van der Waals surface area (Å²) in [6.45, 7) is 4.83.